The Hall–Kier alpha value is -3.49. The highest BCUT2D eigenvalue weighted by Crippen LogP contribution is 2.39. The fourth-order valence-electron chi connectivity index (χ4n) is 3.56. The highest BCUT2D eigenvalue weighted by molar-refractivity contribution is 6.35. The van der Waals surface area contributed by atoms with Crippen LogP contribution in [0, 0.1) is 12.3 Å². The van der Waals surface area contributed by atoms with E-state index in [9.17, 15) is 42.6 Å². The Morgan fingerprint density at radius 2 is 1.41 bits per heavy atom. The standard InChI is InChI=1S/C23H21F3O6/c1-4-14-5-7-16(12(2)9-14)17-8-6-15(10-18(17)23(24,25)26)11-19(28)22(13(3)27,20(29)30)21(31)32/h5-10H,4,11H2,1-3H3,(H,29,30)(H,31,32). The maximum absolute atomic E-state index is 13.8. The van der Waals surface area contributed by atoms with Gasteiger partial charge in [-0.25, -0.2) is 0 Å². The number of carboxylic acids is 2. The maximum atomic E-state index is 13.8. The van der Waals surface area contributed by atoms with Gasteiger partial charge in [0.15, 0.2) is 11.6 Å². The monoisotopic (exact) mass is 450 g/mol. The van der Waals surface area contributed by atoms with Crippen LogP contribution >= 0.6 is 0 Å². The number of hydrogen-bond donors (Lipinski definition) is 2. The van der Waals surface area contributed by atoms with Gasteiger partial charge >= 0.3 is 18.1 Å². The van der Waals surface area contributed by atoms with Crippen molar-refractivity contribution < 1.29 is 42.6 Å². The summed E-state index contributed by atoms with van der Waals surface area (Å²) < 4.78 is 41.5. The molecule has 0 aromatic heterocycles. The molecule has 0 atom stereocenters. The first kappa shape index (κ1) is 24.8. The number of carbonyl (C=O) groups is 4. The Kier molecular flexibility index (Phi) is 6.92. The summed E-state index contributed by atoms with van der Waals surface area (Å²) >= 11 is 0. The summed E-state index contributed by atoms with van der Waals surface area (Å²) in [6.45, 7) is 4.22. The number of Topliss-reactive ketones (excluding diaryl/α,β-unsaturated/α-hetero) is 2. The van der Waals surface area contributed by atoms with Crippen LogP contribution < -0.4 is 0 Å². The van der Waals surface area contributed by atoms with Gasteiger partial charge in [-0.1, -0.05) is 37.3 Å². The van der Waals surface area contributed by atoms with Gasteiger partial charge in [0, 0.05) is 6.42 Å². The number of carboxylic acid groups (broad SMARTS) is 2. The van der Waals surface area contributed by atoms with Crippen molar-refractivity contribution in [3.05, 3.63) is 58.7 Å². The number of aryl methyl sites for hydroxylation is 2. The van der Waals surface area contributed by atoms with Gasteiger partial charge in [-0.2, -0.15) is 13.2 Å². The third-order valence-electron chi connectivity index (χ3n) is 5.33. The summed E-state index contributed by atoms with van der Waals surface area (Å²) in [7, 11) is 0. The predicted octanol–water partition coefficient (Wildman–Crippen LogP) is 4.10. The molecule has 0 spiro atoms. The molecule has 2 rings (SSSR count). The molecular formula is C23H21F3O6. The van der Waals surface area contributed by atoms with Crippen molar-refractivity contribution in [1.82, 2.24) is 0 Å². The zero-order valence-corrected chi connectivity index (χ0v) is 17.5. The van der Waals surface area contributed by atoms with Crippen molar-refractivity contribution in [3.63, 3.8) is 0 Å². The molecule has 0 aliphatic carbocycles. The van der Waals surface area contributed by atoms with Crippen molar-refractivity contribution in [1.29, 1.82) is 0 Å². The van der Waals surface area contributed by atoms with E-state index >= 15 is 0 Å². The minimum absolute atomic E-state index is 0.136. The van der Waals surface area contributed by atoms with Crippen molar-refractivity contribution in [2.75, 3.05) is 0 Å². The van der Waals surface area contributed by atoms with E-state index in [0.29, 0.717) is 30.5 Å². The van der Waals surface area contributed by atoms with E-state index in [1.54, 1.807) is 25.1 Å². The van der Waals surface area contributed by atoms with Gasteiger partial charge < -0.3 is 10.2 Å². The molecule has 0 saturated carbocycles. The van der Waals surface area contributed by atoms with E-state index in [0.717, 1.165) is 11.6 Å². The number of alkyl halides is 3. The number of halogens is 3. The molecule has 0 amide bonds. The van der Waals surface area contributed by atoms with Crippen LogP contribution in [0.5, 0.6) is 0 Å². The van der Waals surface area contributed by atoms with Gasteiger partial charge in [-0.15, -0.1) is 0 Å². The molecule has 2 aromatic carbocycles. The fraction of sp³-hybridized carbons (Fsp3) is 0.304. The highest BCUT2D eigenvalue weighted by atomic mass is 19.4. The second kappa shape index (κ2) is 8.94. The van der Waals surface area contributed by atoms with E-state index < -0.39 is 47.1 Å². The molecule has 2 N–H and O–H groups in total. The molecule has 0 fully saturated rings. The van der Waals surface area contributed by atoms with Crippen molar-refractivity contribution in [3.8, 4) is 11.1 Å². The smallest absolute Gasteiger partial charge is 0.417 e. The summed E-state index contributed by atoms with van der Waals surface area (Å²) in [5.41, 5.74) is -2.94. The molecule has 0 saturated heterocycles. The lowest BCUT2D eigenvalue weighted by molar-refractivity contribution is -0.170. The van der Waals surface area contributed by atoms with Gasteiger partial charge in [-0.05, 0) is 54.2 Å². The third-order valence-corrected chi connectivity index (χ3v) is 5.33. The van der Waals surface area contributed by atoms with Crippen molar-refractivity contribution in [2.24, 2.45) is 5.41 Å². The topological polar surface area (TPSA) is 109 Å². The fourth-order valence-corrected chi connectivity index (χ4v) is 3.56. The Morgan fingerprint density at radius 3 is 1.84 bits per heavy atom. The van der Waals surface area contributed by atoms with Gasteiger partial charge in [0.2, 0.25) is 0 Å². The SMILES string of the molecule is CCc1ccc(-c2ccc(CC(=O)C(C(C)=O)(C(=O)O)C(=O)O)cc2C(F)(F)F)c(C)c1. The number of ketones is 2. The zero-order valence-electron chi connectivity index (χ0n) is 17.5. The summed E-state index contributed by atoms with van der Waals surface area (Å²) in [6, 6.07) is 8.06. The summed E-state index contributed by atoms with van der Waals surface area (Å²) in [6.07, 6.45) is -5.07. The lowest BCUT2D eigenvalue weighted by Gasteiger charge is -2.21. The molecule has 0 aliphatic rings. The minimum atomic E-state index is -4.80. The van der Waals surface area contributed by atoms with E-state index in [4.69, 9.17) is 0 Å². The molecule has 6 nitrogen and oxygen atoms in total. The Balaban J connectivity index is 2.59. The molecule has 32 heavy (non-hydrogen) atoms. The molecule has 0 heterocycles. The van der Waals surface area contributed by atoms with Crippen LogP contribution in [0.2, 0.25) is 0 Å². The minimum Gasteiger partial charge on any atom is -0.480 e. The van der Waals surface area contributed by atoms with Crippen LogP contribution in [-0.4, -0.2) is 33.7 Å². The maximum Gasteiger partial charge on any atom is 0.417 e. The van der Waals surface area contributed by atoms with Crippen molar-refractivity contribution >= 4 is 23.5 Å². The molecule has 0 bridgehead atoms. The number of benzene rings is 2. The zero-order chi connectivity index (χ0) is 24.4. The lowest BCUT2D eigenvalue weighted by atomic mass is 9.77. The number of carbonyl (C=O) groups excluding carboxylic acids is 2. The number of aliphatic carboxylic acids is 2. The molecular weight excluding hydrogens is 429 g/mol. The van der Waals surface area contributed by atoms with E-state index in [1.165, 1.54) is 6.07 Å². The van der Waals surface area contributed by atoms with E-state index in [-0.39, 0.29) is 11.1 Å². The van der Waals surface area contributed by atoms with E-state index in [1.807, 2.05) is 6.92 Å². The van der Waals surface area contributed by atoms with Crippen molar-refractivity contribution in [2.45, 2.75) is 39.8 Å². The van der Waals surface area contributed by atoms with Crippen LogP contribution in [0.1, 0.15) is 36.1 Å². The first-order valence-electron chi connectivity index (χ1n) is 9.57. The number of hydrogen-bond acceptors (Lipinski definition) is 4. The largest absolute Gasteiger partial charge is 0.480 e. The lowest BCUT2D eigenvalue weighted by Crippen LogP contribution is -2.52. The second-order valence-corrected chi connectivity index (χ2v) is 7.40. The van der Waals surface area contributed by atoms with Crippen LogP contribution in [0.4, 0.5) is 13.2 Å². The summed E-state index contributed by atoms with van der Waals surface area (Å²) in [4.78, 5) is 47.3. The van der Waals surface area contributed by atoms with Gasteiger partial charge in [-0.3, -0.25) is 19.2 Å². The van der Waals surface area contributed by atoms with Gasteiger partial charge in [0.05, 0.1) is 5.56 Å². The Labute approximate surface area is 181 Å². The molecule has 0 unspecified atom stereocenters. The molecule has 0 aliphatic heterocycles. The Bertz CT molecular complexity index is 1070. The van der Waals surface area contributed by atoms with E-state index in [2.05, 4.69) is 0 Å². The van der Waals surface area contributed by atoms with Crippen LogP contribution in [0.15, 0.2) is 36.4 Å². The summed E-state index contributed by atoms with van der Waals surface area (Å²) in [5.74, 6) is -7.36. The van der Waals surface area contributed by atoms with Crippen LogP contribution in [-0.2, 0) is 38.2 Å². The van der Waals surface area contributed by atoms with Crippen LogP contribution in [0.3, 0.4) is 0 Å². The average molecular weight is 450 g/mol. The van der Waals surface area contributed by atoms with Crippen LogP contribution in [0.25, 0.3) is 11.1 Å². The number of rotatable bonds is 8. The highest BCUT2D eigenvalue weighted by Gasteiger charge is 2.57. The first-order valence-corrected chi connectivity index (χ1v) is 9.57. The van der Waals surface area contributed by atoms with Gasteiger partial charge in [0.25, 0.3) is 5.41 Å². The molecule has 2 aromatic rings. The quantitative estimate of drug-likeness (QED) is 0.586. The average Bonchev–Trinajstić information content (AvgIpc) is 2.66. The third kappa shape index (κ3) is 4.42. The predicted molar refractivity (Wildman–Crippen MR) is 108 cm³/mol. The first-order chi connectivity index (χ1) is 14.8. The molecule has 0 radical (unpaired) electrons. The normalized spacial score (nSPS) is 11.8. The molecule has 9 heteroatoms. The second-order valence-electron chi connectivity index (χ2n) is 7.40. The van der Waals surface area contributed by atoms with Gasteiger partial charge in [0.1, 0.15) is 0 Å². The molecule has 170 valence electrons. The summed E-state index contributed by atoms with van der Waals surface area (Å²) in [5, 5.41) is 18.5. The Morgan fingerprint density at radius 1 is 0.875 bits per heavy atom.